The predicted octanol–water partition coefficient (Wildman–Crippen LogP) is 7.27. The summed E-state index contributed by atoms with van der Waals surface area (Å²) in [7, 11) is 1.33. The molecular formula is C39H45N7O3. The Kier molecular flexibility index (Phi) is 8.14. The van der Waals surface area contributed by atoms with E-state index in [4.69, 9.17) is 9.72 Å². The van der Waals surface area contributed by atoms with Crippen LogP contribution in [0.2, 0.25) is 0 Å². The number of hydrogen-bond acceptors (Lipinski definition) is 6. The Morgan fingerprint density at radius 1 is 0.939 bits per heavy atom. The number of carbonyl (C=O) groups excluding carboxylic acids is 2. The Hall–Kier alpha value is -4.70. The van der Waals surface area contributed by atoms with Crippen molar-refractivity contribution >= 4 is 33.8 Å². The molecule has 254 valence electrons. The van der Waals surface area contributed by atoms with E-state index in [9.17, 15) is 9.59 Å². The highest BCUT2D eigenvalue weighted by atomic mass is 16.5. The maximum absolute atomic E-state index is 14.1. The molecule has 2 aliphatic heterocycles. The minimum absolute atomic E-state index is 0.0614. The fourth-order valence-corrected chi connectivity index (χ4v) is 8.45. The number of ether oxygens (including phenoxy) is 1. The first-order valence-electron chi connectivity index (χ1n) is 17.7. The molecule has 8 rings (SSSR count). The van der Waals surface area contributed by atoms with Gasteiger partial charge in [-0.25, -0.2) is 14.8 Å². The van der Waals surface area contributed by atoms with Gasteiger partial charge in [0.05, 0.1) is 42.1 Å². The molecule has 3 aromatic carbocycles. The molecule has 2 aromatic heterocycles. The number of aromatic amines is 2. The smallest absolute Gasteiger partial charge is 0.407 e. The summed E-state index contributed by atoms with van der Waals surface area (Å²) in [5.41, 5.74) is 6.21. The highest BCUT2D eigenvalue weighted by Crippen LogP contribution is 2.47. The van der Waals surface area contributed by atoms with E-state index in [0.29, 0.717) is 17.9 Å². The molecule has 0 bridgehead atoms. The summed E-state index contributed by atoms with van der Waals surface area (Å²) in [5.74, 6) is 2.78. The molecule has 3 fully saturated rings. The van der Waals surface area contributed by atoms with Crippen molar-refractivity contribution in [1.29, 1.82) is 0 Å². The SMILES string of the molecule is COC(=O)N[C@H](C(=O)N1[C@H](c2nc3ccc(-c4ccc5cc(-c6cnc([C@@H]7C[C@H](C)CN7)[nH]6)ccc5c4)cc3[nH]2)C[C@@H]2CCC[C@@H]21)C(C)C. The second kappa shape index (κ2) is 12.6. The van der Waals surface area contributed by atoms with Gasteiger partial charge in [-0.1, -0.05) is 57.5 Å². The second-order valence-electron chi connectivity index (χ2n) is 14.7. The predicted molar refractivity (Wildman–Crippen MR) is 191 cm³/mol. The third kappa shape index (κ3) is 5.86. The van der Waals surface area contributed by atoms with Crippen molar-refractivity contribution in [3.05, 3.63) is 72.4 Å². The van der Waals surface area contributed by atoms with Gasteiger partial charge in [-0.15, -0.1) is 0 Å². The van der Waals surface area contributed by atoms with Crippen LogP contribution in [0.5, 0.6) is 0 Å². The molecule has 2 amide bonds. The van der Waals surface area contributed by atoms with Crippen LogP contribution in [0.15, 0.2) is 60.8 Å². The van der Waals surface area contributed by atoms with Crippen LogP contribution in [-0.2, 0) is 9.53 Å². The van der Waals surface area contributed by atoms with Crippen LogP contribution in [-0.4, -0.2) is 62.6 Å². The lowest BCUT2D eigenvalue weighted by Gasteiger charge is -2.33. The number of fused-ring (bicyclic) bond motifs is 3. The zero-order valence-electron chi connectivity index (χ0n) is 28.6. The fraction of sp³-hybridized carbons (Fsp3) is 0.436. The van der Waals surface area contributed by atoms with E-state index in [1.165, 1.54) is 17.9 Å². The van der Waals surface area contributed by atoms with E-state index in [1.807, 2.05) is 24.9 Å². The zero-order chi connectivity index (χ0) is 33.8. The topological polar surface area (TPSA) is 128 Å². The van der Waals surface area contributed by atoms with Crippen LogP contribution in [0, 0.1) is 17.8 Å². The van der Waals surface area contributed by atoms with E-state index in [0.717, 1.165) is 83.7 Å². The molecule has 3 aliphatic rings. The number of rotatable bonds is 7. The quantitative estimate of drug-likeness (QED) is 0.146. The third-order valence-electron chi connectivity index (χ3n) is 11.1. The summed E-state index contributed by atoms with van der Waals surface area (Å²) in [6.45, 7) is 7.21. The molecule has 4 heterocycles. The largest absolute Gasteiger partial charge is 0.453 e. The normalized spacial score (nSPS) is 24.2. The number of hydrogen-bond donors (Lipinski definition) is 4. The van der Waals surface area contributed by atoms with Crippen LogP contribution in [0.3, 0.4) is 0 Å². The highest BCUT2D eigenvalue weighted by molar-refractivity contribution is 5.92. The van der Waals surface area contributed by atoms with Crippen LogP contribution < -0.4 is 10.6 Å². The molecule has 5 aromatic rings. The summed E-state index contributed by atoms with van der Waals surface area (Å²) in [4.78, 5) is 45.1. The Bertz CT molecular complexity index is 2030. The van der Waals surface area contributed by atoms with Gasteiger partial charge in [-0.05, 0) is 96.1 Å². The van der Waals surface area contributed by atoms with E-state index >= 15 is 0 Å². The molecule has 4 N–H and O–H groups in total. The molecular weight excluding hydrogens is 614 g/mol. The van der Waals surface area contributed by atoms with Gasteiger partial charge in [0.15, 0.2) is 0 Å². The average molecular weight is 660 g/mol. The summed E-state index contributed by atoms with van der Waals surface area (Å²) in [6.07, 6.45) is 6.52. The van der Waals surface area contributed by atoms with Gasteiger partial charge < -0.3 is 30.2 Å². The fourth-order valence-electron chi connectivity index (χ4n) is 8.45. The number of alkyl carbamates (subject to hydrolysis) is 1. The zero-order valence-corrected chi connectivity index (χ0v) is 28.6. The van der Waals surface area contributed by atoms with Gasteiger partial charge in [0, 0.05) is 11.6 Å². The number of likely N-dealkylation sites (tertiary alicyclic amines) is 1. The van der Waals surface area contributed by atoms with E-state index in [-0.39, 0.29) is 23.9 Å². The average Bonchev–Trinajstić information content (AvgIpc) is 3.94. The van der Waals surface area contributed by atoms with Crippen molar-refractivity contribution in [2.45, 2.75) is 77.0 Å². The van der Waals surface area contributed by atoms with E-state index < -0.39 is 12.1 Å². The number of H-pyrrole nitrogens is 2. The lowest BCUT2D eigenvalue weighted by Crippen LogP contribution is -2.53. The number of imidazole rings is 2. The standard InChI is InChI=1S/C39H45N7O3/c1-21(2)35(45-39(48)49-4)38(47)46-33-7-5-6-28(33)18-34(46)37-42-29-13-12-26(17-30(29)43-37)24-8-9-25-16-27(11-10-23(25)15-24)32-20-41-36(44-32)31-14-22(3)19-40-31/h8-13,15-17,20-22,28,31,33-35,40H,5-7,14,18-19H2,1-4H3,(H,41,44)(H,42,43)(H,45,48)/t22-,28-,31-,33-,34-,35-/m0/s1. The molecule has 1 saturated carbocycles. The minimum Gasteiger partial charge on any atom is -0.453 e. The summed E-state index contributed by atoms with van der Waals surface area (Å²) in [6, 6.07) is 19.1. The maximum atomic E-state index is 14.1. The Labute approximate surface area is 286 Å². The number of nitrogens with zero attached hydrogens (tertiary/aromatic N) is 3. The number of nitrogens with one attached hydrogen (secondary N) is 4. The number of aromatic nitrogens is 4. The van der Waals surface area contributed by atoms with Crippen molar-refractivity contribution in [2.24, 2.45) is 17.8 Å². The van der Waals surface area contributed by atoms with Gasteiger partial charge in [-0.3, -0.25) is 4.79 Å². The minimum atomic E-state index is -0.663. The maximum Gasteiger partial charge on any atom is 0.407 e. The number of methoxy groups -OCH3 is 1. The summed E-state index contributed by atoms with van der Waals surface area (Å²) < 4.78 is 4.85. The Morgan fingerprint density at radius 3 is 2.45 bits per heavy atom. The van der Waals surface area contributed by atoms with Crippen LogP contribution >= 0.6 is 0 Å². The molecule has 10 nitrogen and oxygen atoms in total. The molecule has 2 saturated heterocycles. The Balaban J connectivity index is 1.05. The lowest BCUT2D eigenvalue weighted by atomic mass is 9.99. The van der Waals surface area contributed by atoms with Crippen LogP contribution in [0.4, 0.5) is 4.79 Å². The number of carbonyl (C=O) groups is 2. The van der Waals surface area contributed by atoms with E-state index in [2.05, 4.69) is 87.1 Å². The van der Waals surface area contributed by atoms with Crippen LogP contribution in [0.1, 0.15) is 76.6 Å². The first-order valence-corrected chi connectivity index (χ1v) is 17.7. The van der Waals surface area contributed by atoms with Gasteiger partial charge >= 0.3 is 6.09 Å². The number of amides is 2. The first kappa shape index (κ1) is 31.6. The molecule has 6 atom stereocenters. The van der Waals surface area contributed by atoms with Gasteiger partial charge in [-0.2, -0.15) is 0 Å². The highest BCUT2D eigenvalue weighted by Gasteiger charge is 2.49. The number of benzene rings is 3. The molecule has 0 unspecified atom stereocenters. The molecule has 1 aliphatic carbocycles. The third-order valence-corrected chi connectivity index (χ3v) is 11.1. The molecule has 10 heteroatoms. The second-order valence-corrected chi connectivity index (χ2v) is 14.7. The van der Waals surface area contributed by atoms with Crippen molar-refractivity contribution in [2.75, 3.05) is 13.7 Å². The van der Waals surface area contributed by atoms with Gasteiger partial charge in [0.1, 0.15) is 17.7 Å². The van der Waals surface area contributed by atoms with Gasteiger partial charge in [0.2, 0.25) is 5.91 Å². The van der Waals surface area contributed by atoms with Crippen molar-refractivity contribution in [1.82, 2.24) is 35.5 Å². The molecule has 0 radical (unpaired) electrons. The van der Waals surface area contributed by atoms with Crippen molar-refractivity contribution < 1.29 is 14.3 Å². The lowest BCUT2D eigenvalue weighted by molar-refractivity contribution is -0.137. The monoisotopic (exact) mass is 659 g/mol. The molecule has 0 spiro atoms. The first-order chi connectivity index (χ1) is 23.7. The molecule has 49 heavy (non-hydrogen) atoms. The summed E-state index contributed by atoms with van der Waals surface area (Å²) in [5, 5.41) is 8.70. The Morgan fingerprint density at radius 2 is 1.69 bits per heavy atom. The van der Waals surface area contributed by atoms with Crippen molar-refractivity contribution in [3.8, 4) is 22.4 Å². The van der Waals surface area contributed by atoms with Crippen molar-refractivity contribution in [3.63, 3.8) is 0 Å². The van der Waals surface area contributed by atoms with E-state index in [1.54, 1.807) is 0 Å². The van der Waals surface area contributed by atoms with Gasteiger partial charge in [0.25, 0.3) is 0 Å². The van der Waals surface area contributed by atoms with Crippen LogP contribution in [0.25, 0.3) is 44.2 Å². The summed E-state index contributed by atoms with van der Waals surface area (Å²) >= 11 is 0.